The molecule has 1 unspecified atom stereocenters. The van der Waals surface area contributed by atoms with E-state index in [0.717, 1.165) is 22.1 Å². The maximum absolute atomic E-state index is 12.0. The summed E-state index contributed by atoms with van der Waals surface area (Å²) >= 11 is 3.41. The number of nitrogens with zero attached hydrogens (tertiary/aromatic N) is 1. The highest BCUT2D eigenvalue weighted by atomic mass is 79.9. The molecule has 0 N–H and O–H groups in total. The third-order valence-electron chi connectivity index (χ3n) is 3.41. The molecule has 0 spiro atoms. The first-order valence-corrected chi connectivity index (χ1v) is 7.11. The van der Waals surface area contributed by atoms with Gasteiger partial charge in [0.2, 0.25) is 0 Å². The maximum Gasteiger partial charge on any atom is 0.299 e. The van der Waals surface area contributed by atoms with Crippen molar-refractivity contribution in [1.82, 2.24) is 0 Å². The number of halogens is 1. The number of ketones is 1. The second kappa shape index (κ2) is 4.84. The lowest BCUT2D eigenvalue weighted by Crippen LogP contribution is -2.34. The lowest BCUT2D eigenvalue weighted by molar-refractivity contribution is -0.114. The Bertz CT molecular complexity index is 525. The van der Waals surface area contributed by atoms with Crippen LogP contribution in [0, 0.1) is 19.8 Å². The summed E-state index contributed by atoms with van der Waals surface area (Å²) in [5, 5.41) is 0.811. The van der Waals surface area contributed by atoms with Gasteiger partial charge in [0.1, 0.15) is 0 Å². The van der Waals surface area contributed by atoms with Crippen molar-refractivity contribution in [2.24, 2.45) is 5.92 Å². The highest BCUT2D eigenvalue weighted by molar-refractivity contribution is 9.09. The number of hydrogen-bond donors (Lipinski definition) is 0. The maximum atomic E-state index is 12.0. The van der Waals surface area contributed by atoms with Crippen molar-refractivity contribution in [2.75, 3.05) is 16.8 Å². The fourth-order valence-electron chi connectivity index (χ4n) is 2.21. The Balaban J connectivity index is 2.50. The zero-order valence-corrected chi connectivity index (χ0v) is 12.4. The Labute approximate surface area is 115 Å². The Kier molecular flexibility index (Phi) is 3.57. The predicted octanol–water partition coefficient (Wildman–Crippen LogP) is 2.86. The largest absolute Gasteiger partial charge is 0.304 e. The molecule has 1 aliphatic heterocycles. The van der Waals surface area contributed by atoms with Crippen LogP contribution < -0.4 is 4.90 Å². The van der Waals surface area contributed by atoms with E-state index in [9.17, 15) is 9.59 Å². The molecule has 1 aromatic carbocycles. The normalized spacial score (nSPS) is 16.1. The summed E-state index contributed by atoms with van der Waals surface area (Å²) in [6.45, 7) is 6.59. The number of fused-ring (bicyclic) bond motifs is 1. The highest BCUT2D eigenvalue weighted by Crippen LogP contribution is 2.34. The van der Waals surface area contributed by atoms with E-state index in [1.807, 2.05) is 19.9 Å². The molecule has 1 aromatic rings. The number of benzene rings is 1. The Morgan fingerprint density at radius 1 is 1.28 bits per heavy atom. The van der Waals surface area contributed by atoms with E-state index in [2.05, 4.69) is 22.9 Å². The van der Waals surface area contributed by atoms with E-state index >= 15 is 0 Å². The zero-order chi connectivity index (χ0) is 13.4. The smallest absolute Gasteiger partial charge is 0.299 e. The van der Waals surface area contributed by atoms with Gasteiger partial charge in [-0.15, -0.1) is 0 Å². The van der Waals surface area contributed by atoms with E-state index in [1.165, 1.54) is 0 Å². The van der Waals surface area contributed by atoms with E-state index in [-0.39, 0.29) is 5.78 Å². The van der Waals surface area contributed by atoms with E-state index in [4.69, 9.17) is 0 Å². The molecule has 0 bridgehead atoms. The molecular weight excluding hydrogens is 294 g/mol. The van der Waals surface area contributed by atoms with E-state index in [0.29, 0.717) is 18.0 Å². The van der Waals surface area contributed by atoms with Crippen molar-refractivity contribution in [2.45, 2.75) is 20.8 Å². The van der Waals surface area contributed by atoms with Gasteiger partial charge in [-0.1, -0.05) is 28.9 Å². The average Bonchev–Trinajstić information content (AvgIpc) is 2.59. The second-order valence-electron chi connectivity index (χ2n) is 4.91. The van der Waals surface area contributed by atoms with Gasteiger partial charge >= 0.3 is 0 Å². The molecular formula is C14H16BrNO2. The summed E-state index contributed by atoms with van der Waals surface area (Å²) in [6.07, 6.45) is 0. The molecule has 2 rings (SSSR count). The Morgan fingerprint density at radius 2 is 1.94 bits per heavy atom. The number of carbonyl (C=O) groups excluding carboxylic acids is 2. The predicted molar refractivity (Wildman–Crippen MR) is 75.6 cm³/mol. The number of Topliss-reactive ketones (excluding diaryl/α,β-unsaturated/α-hetero) is 1. The fraction of sp³-hybridized carbons (Fsp3) is 0.429. The molecule has 0 radical (unpaired) electrons. The Hall–Kier alpha value is -1.16. The van der Waals surface area contributed by atoms with Crippen LogP contribution in [0.3, 0.4) is 0 Å². The molecule has 0 aromatic heterocycles. The SMILES string of the molecule is Cc1ccc2c(c1C)N(CC(C)CBr)C(=O)C2=O. The minimum atomic E-state index is -0.397. The number of aryl methyl sites for hydroxylation is 1. The van der Waals surface area contributed by atoms with Gasteiger partial charge in [-0.3, -0.25) is 9.59 Å². The topological polar surface area (TPSA) is 37.4 Å². The third-order valence-corrected chi connectivity index (χ3v) is 4.52. The standard InChI is InChI=1S/C14H16BrNO2/c1-8(6-15)7-16-12-10(3)9(2)4-5-11(12)13(17)14(16)18/h4-5,8H,6-7H2,1-3H3. The van der Waals surface area contributed by atoms with Gasteiger partial charge in [0.05, 0.1) is 11.3 Å². The number of carbonyl (C=O) groups is 2. The van der Waals surface area contributed by atoms with Gasteiger partial charge in [-0.25, -0.2) is 0 Å². The van der Waals surface area contributed by atoms with Crippen molar-refractivity contribution in [1.29, 1.82) is 0 Å². The minimum Gasteiger partial charge on any atom is -0.304 e. The number of hydrogen-bond acceptors (Lipinski definition) is 2. The molecule has 0 fully saturated rings. The first kappa shape index (κ1) is 13.3. The van der Waals surface area contributed by atoms with Crippen LogP contribution in [-0.2, 0) is 4.79 Å². The fourth-order valence-corrected chi connectivity index (χ4v) is 2.41. The molecule has 0 saturated heterocycles. The molecule has 1 aliphatic rings. The zero-order valence-electron chi connectivity index (χ0n) is 10.8. The molecule has 1 atom stereocenters. The van der Waals surface area contributed by atoms with Crippen molar-refractivity contribution in [3.05, 3.63) is 28.8 Å². The highest BCUT2D eigenvalue weighted by Gasteiger charge is 2.37. The van der Waals surface area contributed by atoms with E-state index in [1.54, 1.807) is 11.0 Å². The molecule has 4 heteroatoms. The van der Waals surface area contributed by atoms with Crippen molar-refractivity contribution < 1.29 is 9.59 Å². The molecule has 1 heterocycles. The first-order valence-electron chi connectivity index (χ1n) is 5.99. The van der Waals surface area contributed by atoms with Crippen LogP contribution in [0.4, 0.5) is 5.69 Å². The van der Waals surface area contributed by atoms with Gasteiger partial charge < -0.3 is 4.90 Å². The van der Waals surface area contributed by atoms with Gasteiger partial charge in [0.25, 0.3) is 11.7 Å². The Morgan fingerprint density at radius 3 is 2.56 bits per heavy atom. The van der Waals surface area contributed by atoms with Crippen molar-refractivity contribution >= 4 is 33.3 Å². The van der Waals surface area contributed by atoms with Crippen LogP contribution in [0.2, 0.25) is 0 Å². The summed E-state index contributed by atoms with van der Waals surface area (Å²) in [6, 6.07) is 3.66. The van der Waals surface area contributed by atoms with Crippen LogP contribution in [0.25, 0.3) is 0 Å². The van der Waals surface area contributed by atoms with Gasteiger partial charge in [0, 0.05) is 11.9 Å². The lowest BCUT2D eigenvalue weighted by Gasteiger charge is -2.22. The third kappa shape index (κ3) is 1.99. The molecule has 96 valence electrons. The van der Waals surface area contributed by atoms with Crippen LogP contribution in [0.15, 0.2) is 12.1 Å². The summed E-state index contributed by atoms with van der Waals surface area (Å²) < 4.78 is 0. The number of amides is 1. The van der Waals surface area contributed by atoms with Crippen LogP contribution in [0.5, 0.6) is 0 Å². The van der Waals surface area contributed by atoms with Crippen molar-refractivity contribution in [3.63, 3.8) is 0 Å². The quantitative estimate of drug-likeness (QED) is 0.636. The van der Waals surface area contributed by atoms with Crippen LogP contribution in [-0.4, -0.2) is 23.6 Å². The lowest BCUT2D eigenvalue weighted by atomic mass is 10.0. The molecule has 0 saturated carbocycles. The summed E-state index contributed by atoms with van der Waals surface area (Å²) in [5.74, 6) is -0.464. The number of anilines is 1. The summed E-state index contributed by atoms with van der Waals surface area (Å²) in [7, 11) is 0. The van der Waals surface area contributed by atoms with E-state index < -0.39 is 5.91 Å². The molecule has 18 heavy (non-hydrogen) atoms. The molecule has 0 aliphatic carbocycles. The van der Waals surface area contributed by atoms with Gasteiger partial charge in [-0.05, 0) is 37.0 Å². The first-order chi connectivity index (χ1) is 8.47. The second-order valence-corrected chi connectivity index (χ2v) is 5.56. The number of rotatable bonds is 3. The monoisotopic (exact) mass is 309 g/mol. The summed E-state index contributed by atoms with van der Waals surface area (Å²) in [5.41, 5.74) is 3.48. The van der Waals surface area contributed by atoms with Gasteiger partial charge in [-0.2, -0.15) is 0 Å². The van der Waals surface area contributed by atoms with Crippen LogP contribution >= 0.6 is 15.9 Å². The summed E-state index contributed by atoms with van der Waals surface area (Å²) in [4.78, 5) is 25.6. The number of alkyl halides is 1. The minimum absolute atomic E-state index is 0.313. The average molecular weight is 310 g/mol. The van der Waals surface area contributed by atoms with Crippen molar-refractivity contribution in [3.8, 4) is 0 Å². The molecule has 3 nitrogen and oxygen atoms in total. The molecule has 1 amide bonds. The van der Waals surface area contributed by atoms with Gasteiger partial charge in [0.15, 0.2) is 0 Å². The van der Waals surface area contributed by atoms with Crippen LogP contribution in [0.1, 0.15) is 28.4 Å².